The first kappa shape index (κ1) is 54.3. The molecule has 3 heterocycles. The Hall–Kier alpha value is -3.95. The molecule has 0 unspecified atom stereocenters. The number of pyridine rings is 1. The molecule has 2 saturated carbocycles. The lowest BCUT2D eigenvalue weighted by Gasteiger charge is -2.53. The molecule has 3 aromatic carbocycles. The number of aliphatic hydroxyl groups is 5. The van der Waals surface area contributed by atoms with E-state index in [1.807, 2.05) is 30.3 Å². The van der Waals surface area contributed by atoms with Gasteiger partial charge in [0, 0.05) is 53.5 Å². The first-order chi connectivity index (χ1) is 34.9. The van der Waals surface area contributed by atoms with E-state index in [9.17, 15) is 35.7 Å². The quantitative estimate of drug-likeness (QED) is 0.0338. The number of benzene rings is 3. The fourth-order valence-electron chi connectivity index (χ4n) is 12.5. The van der Waals surface area contributed by atoms with E-state index >= 15 is 0 Å². The molecule has 0 bridgehead atoms. The molecule has 2 aliphatic heterocycles. The highest BCUT2D eigenvalue weighted by Gasteiger charge is 2.52. The molecule has 0 amide bonds. The molecule has 392 valence electrons. The van der Waals surface area contributed by atoms with Crippen LogP contribution in [-0.2, 0) is 17.6 Å². The van der Waals surface area contributed by atoms with E-state index < -0.39 is 37.1 Å². The molecule has 2 aliphatic carbocycles. The second kappa shape index (κ2) is 25.5. The number of aryl methyl sites for hydroxylation is 1. The van der Waals surface area contributed by atoms with Gasteiger partial charge >= 0.3 is 0 Å². The second-order valence-corrected chi connectivity index (χ2v) is 23.4. The van der Waals surface area contributed by atoms with Crippen molar-refractivity contribution in [1.82, 2.24) is 10.3 Å². The van der Waals surface area contributed by atoms with Gasteiger partial charge in [0.15, 0.2) is 23.0 Å². The van der Waals surface area contributed by atoms with E-state index in [0.29, 0.717) is 54.7 Å². The van der Waals surface area contributed by atoms with E-state index in [2.05, 4.69) is 35.1 Å². The van der Waals surface area contributed by atoms with E-state index in [-0.39, 0.29) is 70.9 Å². The van der Waals surface area contributed by atoms with Gasteiger partial charge in [-0.05, 0) is 172 Å². The van der Waals surface area contributed by atoms with Crippen molar-refractivity contribution in [3.63, 3.8) is 0 Å². The number of nitrogens with zero attached hydrogens (tertiary/aromatic N) is 1. The van der Waals surface area contributed by atoms with Crippen molar-refractivity contribution in [2.45, 2.75) is 133 Å². The third-order valence-electron chi connectivity index (χ3n) is 16.2. The molecule has 4 aliphatic rings. The molecule has 0 saturated heterocycles. The largest absolute Gasteiger partial charge is 0.504 e. The maximum absolute atomic E-state index is 11.9. The number of phenolic OH excluding ortho intramolecular Hbond substituents is 2. The number of fused-ring (bicyclic) bond motifs is 4. The lowest BCUT2D eigenvalue weighted by molar-refractivity contribution is -0.0808. The molecule has 8 rings (SSSR count). The van der Waals surface area contributed by atoms with Crippen LogP contribution in [0.25, 0.3) is 10.9 Å². The minimum Gasteiger partial charge on any atom is -0.504 e. The molecule has 2 fully saturated rings. The van der Waals surface area contributed by atoms with Gasteiger partial charge in [0.1, 0.15) is 6.79 Å². The Morgan fingerprint density at radius 1 is 0.903 bits per heavy atom. The number of phenols is 2. The summed E-state index contributed by atoms with van der Waals surface area (Å²) in [6.07, 6.45) is 8.17. The minimum absolute atomic E-state index is 0.0282. The highest BCUT2D eigenvalue weighted by molar-refractivity contribution is 8.76. The van der Waals surface area contributed by atoms with Gasteiger partial charge in [-0.25, -0.2) is 0 Å². The van der Waals surface area contributed by atoms with Crippen LogP contribution >= 0.6 is 21.6 Å². The van der Waals surface area contributed by atoms with Crippen LogP contribution in [0.2, 0.25) is 0 Å². The van der Waals surface area contributed by atoms with Crippen LogP contribution in [-0.4, -0.2) is 112 Å². The summed E-state index contributed by atoms with van der Waals surface area (Å²) in [5.41, 5.74) is 4.04. The topological polar surface area (TPSA) is 203 Å². The predicted molar refractivity (Wildman–Crippen MR) is 283 cm³/mol. The fraction of sp³-hybridized carbons (Fsp3) is 0.596. The normalized spacial score (nSPS) is 29.8. The standard InChI is InChI=1S/C57H76N2O11S2/c1-35-8-12-41(13-17-48(62)39-11-16-47-38(26-39)7-6-21-59-47)57(31-35)19-4-5-20-58-32-40-10-15-43(28-46(40)57)70-52-27-37-9-14-42(69-34-61)29-49(63)45(23-36-24-53(67-2)56(66)54(25-36)68-3)51(65)33-71-72-55(18-22-60)44(37)30-50(52)64/h6-7,11,16,21,24-27,30,35,40-43,45-46,48-49,51,55,58,60-66H,5,8-10,12-15,17-18,20,22-23,28-29,31-34H2,1-3H3/t35-,40+,41-,42+,43+,45+,46-,48+,49-,51+,55+,57+/m1/s1. The number of rotatable bonds is 14. The van der Waals surface area contributed by atoms with Crippen molar-refractivity contribution in [2.24, 2.45) is 35.0 Å². The average Bonchev–Trinajstić information content (AvgIpc) is 3.46. The lowest BCUT2D eigenvalue weighted by Crippen LogP contribution is -2.50. The van der Waals surface area contributed by atoms with Crippen molar-refractivity contribution in [2.75, 3.05) is 46.5 Å². The van der Waals surface area contributed by atoms with Crippen LogP contribution < -0.4 is 19.5 Å². The Kier molecular flexibility index (Phi) is 19.3. The van der Waals surface area contributed by atoms with Crippen LogP contribution in [0.5, 0.6) is 28.7 Å². The summed E-state index contributed by atoms with van der Waals surface area (Å²) in [7, 11) is 5.86. The van der Waals surface area contributed by atoms with Crippen molar-refractivity contribution in [1.29, 1.82) is 0 Å². The average molecular weight is 1030 g/mol. The van der Waals surface area contributed by atoms with Gasteiger partial charge in [0.25, 0.3) is 0 Å². The van der Waals surface area contributed by atoms with Crippen molar-refractivity contribution < 1.29 is 54.7 Å². The Morgan fingerprint density at radius 2 is 1.72 bits per heavy atom. The number of aromatic hydroxyl groups is 2. The summed E-state index contributed by atoms with van der Waals surface area (Å²) in [5, 5.41) is 82.7. The molecular formula is C57H76N2O11S2. The summed E-state index contributed by atoms with van der Waals surface area (Å²) < 4.78 is 23.7. The second-order valence-electron chi connectivity index (χ2n) is 20.8. The minimum atomic E-state index is -1.03. The Labute approximate surface area is 433 Å². The molecule has 4 aromatic rings. The van der Waals surface area contributed by atoms with Gasteiger partial charge in [0.05, 0.1) is 50.3 Å². The van der Waals surface area contributed by atoms with Gasteiger partial charge in [-0.1, -0.05) is 53.0 Å². The van der Waals surface area contributed by atoms with Gasteiger partial charge in [-0.15, -0.1) is 5.92 Å². The van der Waals surface area contributed by atoms with E-state index in [4.69, 9.17) is 18.9 Å². The number of hydrogen-bond acceptors (Lipinski definition) is 15. The van der Waals surface area contributed by atoms with Gasteiger partial charge in [0.2, 0.25) is 5.75 Å². The Morgan fingerprint density at radius 3 is 2.50 bits per heavy atom. The van der Waals surface area contributed by atoms with Crippen LogP contribution in [0.3, 0.4) is 0 Å². The van der Waals surface area contributed by atoms with Gasteiger partial charge in [-0.3, -0.25) is 4.98 Å². The molecule has 12 atom stereocenters. The van der Waals surface area contributed by atoms with E-state index in [1.54, 1.807) is 24.4 Å². The zero-order valence-corrected chi connectivity index (χ0v) is 43.7. The molecule has 72 heavy (non-hydrogen) atoms. The zero-order valence-electron chi connectivity index (χ0n) is 42.1. The number of hydrogen-bond donors (Lipinski definition) is 8. The fourth-order valence-corrected chi connectivity index (χ4v) is 15.4. The monoisotopic (exact) mass is 1030 g/mol. The van der Waals surface area contributed by atoms with Crippen molar-refractivity contribution >= 4 is 32.5 Å². The van der Waals surface area contributed by atoms with Crippen molar-refractivity contribution in [3.05, 3.63) is 83.0 Å². The Balaban J connectivity index is 1.04. The van der Waals surface area contributed by atoms with Crippen LogP contribution in [0, 0.1) is 46.8 Å². The van der Waals surface area contributed by atoms with E-state index in [0.717, 1.165) is 92.0 Å². The third-order valence-corrected chi connectivity index (χ3v) is 19.1. The molecule has 1 aromatic heterocycles. The van der Waals surface area contributed by atoms with Crippen LogP contribution in [0.1, 0.15) is 118 Å². The lowest BCUT2D eigenvalue weighted by atomic mass is 9.51. The summed E-state index contributed by atoms with van der Waals surface area (Å²) >= 11 is 0. The van der Waals surface area contributed by atoms with Crippen LogP contribution in [0.15, 0.2) is 60.8 Å². The number of aromatic nitrogens is 1. The summed E-state index contributed by atoms with van der Waals surface area (Å²) in [4.78, 5) is 4.48. The first-order valence-corrected chi connectivity index (χ1v) is 28.5. The zero-order chi connectivity index (χ0) is 50.8. The molecule has 13 nitrogen and oxygen atoms in total. The predicted octanol–water partition coefficient (Wildman–Crippen LogP) is 8.82. The smallest absolute Gasteiger partial charge is 0.200 e. The maximum atomic E-state index is 11.9. The van der Waals surface area contributed by atoms with Crippen LogP contribution in [0.4, 0.5) is 0 Å². The molecule has 0 radical (unpaired) electrons. The highest BCUT2D eigenvalue weighted by atomic mass is 33.1. The molecule has 8 N–H and O–H groups in total. The van der Waals surface area contributed by atoms with E-state index in [1.165, 1.54) is 35.8 Å². The summed E-state index contributed by atoms with van der Waals surface area (Å²) in [6.45, 7) is 3.48. The summed E-state index contributed by atoms with van der Waals surface area (Å²) in [5.74, 6) is 9.41. The number of methoxy groups -OCH3 is 2. The Bertz CT molecular complexity index is 2440. The maximum Gasteiger partial charge on any atom is 0.200 e. The van der Waals surface area contributed by atoms with Gasteiger partial charge < -0.3 is 60.0 Å². The van der Waals surface area contributed by atoms with Gasteiger partial charge in [-0.2, -0.15) is 0 Å². The molecular weight excluding hydrogens is 953 g/mol. The highest BCUT2D eigenvalue weighted by Crippen LogP contribution is 2.57. The third kappa shape index (κ3) is 12.9. The van der Waals surface area contributed by atoms with Crippen molar-refractivity contribution in [3.8, 4) is 40.6 Å². The molecule has 1 spiro atoms. The number of nitrogens with one attached hydrogen (secondary N) is 1. The SMILES string of the molecule is COc1cc(C[C@H]2[C@H](O)C[C@@H](OCO)CCc3cc(O[C@H]4CC[C@H]5CNCCC#C[C@@]6(C[C@H](C)CC[C@@H]6CC[C@H](O)c6ccc7ncccc7c6)[C@@H]5C4)c(O)cc3[C@H](CCO)SSC[C@@H]2O)cc(OC)c1O. The number of aliphatic hydroxyl groups excluding tert-OH is 5. The first-order valence-electron chi connectivity index (χ1n) is 26.1. The number of ether oxygens (including phenoxy) is 4. The summed E-state index contributed by atoms with van der Waals surface area (Å²) in [6, 6.07) is 17.1. The molecule has 15 heteroatoms.